The van der Waals surface area contributed by atoms with E-state index in [-0.39, 0.29) is 5.91 Å². The lowest BCUT2D eigenvalue weighted by Crippen LogP contribution is -2.41. The average Bonchev–Trinajstić information content (AvgIpc) is 2.78. The van der Waals surface area contributed by atoms with Crippen LogP contribution in [0.3, 0.4) is 0 Å². The molecule has 1 N–H and O–H groups in total. The molecule has 10 heteroatoms. The molecule has 0 unspecified atom stereocenters. The smallest absolute Gasteiger partial charge is 0.256 e. The summed E-state index contributed by atoms with van der Waals surface area (Å²) < 4.78 is 36.5. The molecular weight excluding hydrogens is 434 g/mol. The normalized spacial score (nSPS) is 14.0. The third kappa shape index (κ3) is 5.98. The second-order valence-electron chi connectivity index (χ2n) is 7.20. The van der Waals surface area contributed by atoms with E-state index in [2.05, 4.69) is 5.32 Å². The van der Waals surface area contributed by atoms with Crippen LogP contribution in [0.2, 0.25) is 0 Å². The predicted molar refractivity (Wildman–Crippen MR) is 122 cm³/mol. The lowest BCUT2D eigenvalue weighted by atomic mass is 10.1. The summed E-state index contributed by atoms with van der Waals surface area (Å²) in [6, 6.07) is 13.2. The van der Waals surface area contributed by atoms with Gasteiger partial charge < -0.3 is 19.7 Å². The first kappa shape index (κ1) is 23.6. The molecule has 0 atom stereocenters. The van der Waals surface area contributed by atoms with E-state index in [1.165, 1.54) is 0 Å². The highest BCUT2D eigenvalue weighted by Crippen LogP contribution is 2.24. The fourth-order valence-corrected chi connectivity index (χ4v) is 4.18. The molecule has 0 radical (unpaired) electrons. The number of nitrogens with zero attached hydrogens (tertiary/aromatic N) is 2. The first-order valence-corrected chi connectivity index (χ1v) is 12.1. The number of morpholine rings is 1. The Hall–Kier alpha value is -3.11. The maximum absolute atomic E-state index is 12.9. The van der Waals surface area contributed by atoms with Crippen molar-refractivity contribution in [3.05, 3.63) is 54.1 Å². The molecule has 1 aliphatic heterocycles. The summed E-state index contributed by atoms with van der Waals surface area (Å²) in [4.78, 5) is 27.4. The monoisotopic (exact) mass is 461 g/mol. The number of sulfonamides is 1. The summed E-state index contributed by atoms with van der Waals surface area (Å²) in [7, 11) is -3.75. The number of ether oxygens (including phenoxy) is 2. The van der Waals surface area contributed by atoms with Crippen molar-refractivity contribution < 1.29 is 27.5 Å². The van der Waals surface area contributed by atoms with Gasteiger partial charge in [0.15, 0.2) is 0 Å². The Balaban J connectivity index is 1.79. The average molecular weight is 462 g/mol. The number of hydrogen-bond acceptors (Lipinski definition) is 6. The molecule has 9 nitrogen and oxygen atoms in total. The topological polar surface area (TPSA) is 105 Å². The summed E-state index contributed by atoms with van der Waals surface area (Å²) in [5.74, 6) is -0.284. The van der Waals surface area contributed by atoms with Crippen LogP contribution in [0.25, 0.3) is 0 Å². The zero-order chi connectivity index (χ0) is 23.1. The maximum atomic E-state index is 12.9. The van der Waals surface area contributed by atoms with Crippen molar-refractivity contribution in [1.29, 1.82) is 0 Å². The van der Waals surface area contributed by atoms with Gasteiger partial charge in [0.25, 0.3) is 5.91 Å². The van der Waals surface area contributed by atoms with Crippen molar-refractivity contribution in [3.8, 4) is 5.75 Å². The first-order valence-electron chi connectivity index (χ1n) is 10.3. The van der Waals surface area contributed by atoms with Gasteiger partial charge >= 0.3 is 0 Å². The standard InChI is InChI=1S/C22H27N3O6S/c1-3-31-18-8-6-7-17(15-18)25(32(2,28)29)16-21(26)23-20-10-5-4-9-19(20)22(27)24-11-13-30-14-12-24/h4-10,15H,3,11-14,16H2,1-2H3,(H,23,26). The van der Waals surface area contributed by atoms with E-state index >= 15 is 0 Å². The van der Waals surface area contributed by atoms with Gasteiger partial charge in [0.2, 0.25) is 15.9 Å². The summed E-state index contributed by atoms with van der Waals surface area (Å²) in [5, 5.41) is 2.69. The number of amides is 2. The van der Waals surface area contributed by atoms with Crippen LogP contribution in [0.15, 0.2) is 48.5 Å². The van der Waals surface area contributed by atoms with E-state index in [1.54, 1.807) is 53.4 Å². The van der Waals surface area contributed by atoms with Crippen LogP contribution in [0.4, 0.5) is 11.4 Å². The Labute approximate surface area is 188 Å². The Morgan fingerprint density at radius 2 is 1.84 bits per heavy atom. The highest BCUT2D eigenvalue weighted by Gasteiger charge is 2.24. The van der Waals surface area contributed by atoms with E-state index in [0.29, 0.717) is 55.6 Å². The Morgan fingerprint density at radius 3 is 2.53 bits per heavy atom. The minimum absolute atomic E-state index is 0.214. The number of hydrogen-bond donors (Lipinski definition) is 1. The minimum Gasteiger partial charge on any atom is -0.494 e. The number of nitrogens with one attached hydrogen (secondary N) is 1. The summed E-state index contributed by atoms with van der Waals surface area (Å²) in [5.41, 5.74) is 0.976. The van der Waals surface area contributed by atoms with Crippen molar-refractivity contribution >= 4 is 33.2 Å². The van der Waals surface area contributed by atoms with Gasteiger partial charge in [-0.15, -0.1) is 0 Å². The maximum Gasteiger partial charge on any atom is 0.256 e. The second-order valence-corrected chi connectivity index (χ2v) is 9.11. The molecule has 2 aromatic rings. The first-order chi connectivity index (χ1) is 15.3. The van der Waals surface area contributed by atoms with Gasteiger partial charge in [0, 0.05) is 19.2 Å². The predicted octanol–water partition coefficient (Wildman–Crippen LogP) is 1.96. The van der Waals surface area contributed by atoms with Crippen molar-refractivity contribution in [2.45, 2.75) is 6.92 Å². The molecule has 1 saturated heterocycles. The molecule has 3 rings (SSSR count). The number of anilines is 2. The third-order valence-electron chi connectivity index (χ3n) is 4.83. The molecule has 0 saturated carbocycles. The highest BCUT2D eigenvalue weighted by molar-refractivity contribution is 7.92. The Kier molecular flexibility index (Phi) is 7.70. The summed E-state index contributed by atoms with van der Waals surface area (Å²) in [6.45, 7) is 3.67. The number of rotatable bonds is 8. The van der Waals surface area contributed by atoms with Crippen LogP contribution in [0.5, 0.6) is 5.75 Å². The molecule has 2 amide bonds. The third-order valence-corrected chi connectivity index (χ3v) is 5.97. The fraction of sp³-hybridized carbons (Fsp3) is 0.364. The number of carbonyl (C=O) groups is 2. The van der Waals surface area contributed by atoms with E-state index in [9.17, 15) is 18.0 Å². The van der Waals surface area contributed by atoms with Crippen molar-refractivity contribution in [2.24, 2.45) is 0 Å². The zero-order valence-electron chi connectivity index (χ0n) is 18.1. The van der Waals surface area contributed by atoms with Gasteiger partial charge in [-0.2, -0.15) is 0 Å². The summed E-state index contributed by atoms with van der Waals surface area (Å²) in [6.07, 6.45) is 1.03. The van der Waals surface area contributed by atoms with Gasteiger partial charge in [0.1, 0.15) is 12.3 Å². The van der Waals surface area contributed by atoms with Gasteiger partial charge in [-0.3, -0.25) is 13.9 Å². The molecule has 0 aliphatic carbocycles. The van der Waals surface area contributed by atoms with Crippen molar-refractivity contribution in [3.63, 3.8) is 0 Å². The molecule has 0 bridgehead atoms. The Morgan fingerprint density at radius 1 is 1.12 bits per heavy atom. The van der Waals surface area contributed by atoms with Gasteiger partial charge in [0.05, 0.1) is 43.0 Å². The van der Waals surface area contributed by atoms with Crippen LogP contribution in [0, 0.1) is 0 Å². The van der Waals surface area contributed by atoms with E-state index < -0.39 is 22.5 Å². The molecular formula is C22H27N3O6S. The molecule has 1 aliphatic rings. The largest absolute Gasteiger partial charge is 0.494 e. The minimum atomic E-state index is -3.75. The quantitative estimate of drug-likeness (QED) is 0.644. The van der Waals surface area contributed by atoms with Crippen LogP contribution in [0.1, 0.15) is 17.3 Å². The summed E-state index contributed by atoms with van der Waals surface area (Å²) >= 11 is 0. The highest BCUT2D eigenvalue weighted by atomic mass is 32.2. The molecule has 1 fully saturated rings. The Bertz CT molecular complexity index is 1070. The number of benzene rings is 2. The van der Waals surface area contributed by atoms with Crippen LogP contribution >= 0.6 is 0 Å². The van der Waals surface area contributed by atoms with Crippen molar-refractivity contribution in [1.82, 2.24) is 4.90 Å². The van der Waals surface area contributed by atoms with Crippen molar-refractivity contribution in [2.75, 3.05) is 55.3 Å². The van der Waals surface area contributed by atoms with Crippen LogP contribution < -0.4 is 14.4 Å². The lowest BCUT2D eigenvalue weighted by Gasteiger charge is -2.27. The SMILES string of the molecule is CCOc1cccc(N(CC(=O)Nc2ccccc2C(=O)N2CCOCC2)S(C)(=O)=O)c1. The van der Waals surface area contributed by atoms with Gasteiger partial charge in [-0.25, -0.2) is 8.42 Å². The fourth-order valence-electron chi connectivity index (χ4n) is 3.33. The van der Waals surface area contributed by atoms with Crippen LogP contribution in [-0.2, 0) is 19.6 Å². The molecule has 0 spiro atoms. The van der Waals surface area contributed by atoms with E-state index in [0.717, 1.165) is 10.6 Å². The van der Waals surface area contributed by atoms with Crippen LogP contribution in [-0.4, -0.2) is 70.8 Å². The van der Waals surface area contributed by atoms with Gasteiger partial charge in [-0.05, 0) is 31.2 Å². The van der Waals surface area contributed by atoms with E-state index in [1.807, 2.05) is 6.92 Å². The molecule has 1 heterocycles. The molecule has 172 valence electrons. The molecule has 0 aromatic heterocycles. The number of para-hydroxylation sites is 1. The molecule has 32 heavy (non-hydrogen) atoms. The molecule has 2 aromatic carbocycles. The lowest BCUT2D eigenvalue weighted by molar-refractivity contribution is -0.114. The second kappa shape index (κ2) is 10.5. The zero-order valence-corrected chi connectivity index (χ0v) is 18.9. The van der Waals surface area contributed by atoms with E-state index in [4.69, 9.17) is 9.47 Å². The number of carbonyl (C=O) groups excluding carboxylic acids is 2. The van der Waals surface area contributed by atoms with Gasteiger partial charge in [-0.1, -0.05) is 18.2 Å².